The summed E-state index contributed by atoms with van der Waals surface area (Å²) in [5.41, 5.74) is -2.90. The van der Waals surface area contributed by atoms with Crippen molar-refractivity contribution in [3.05, 3.63) is 89.1 Å². The van der Waals surface area contributed by atoms with Gasteiger partial charge in [-0.15, -0.1) is 5.10 Å². The highest BCUT2D eigenvalue weighted by Crippen LogP contribution is 2.45. The molecule has 0 saturated heterocycles. The Morgan fingerprint density at radius 2 is 1.97 bits per heavy atom. The topological polar surface area (TPSA) is 80.0 Å². The van der Waals surface area contributed by atoms with Gasteiger partial charge in [0.15, 0.2) is 5.60 Å². The summed E-state index contributed by atoms with van der Waals surface area (Å²) in [7, 11) is 1.39. The van der Waals surface area contributed by atoms with Crippen LogP contribution in [-0.2, 0) is 12.1 Å². The molecule has 0 radical (unpaired) electrons. The molecule has 0 bridgehead atoms. The van der Waals surface area contributed by atoms with Crippen molar-refractivity contribution >= 4 is 17.2 Å². The molecule has 0 amide bonds. The van der Waals surface area contributed by atoms with E-state index in [-0.39, 0.29) is 0 Å². The van der Waals surface area contributed by atoms with Crippen LogP contribution in [0.4, 0.5) is 17.6 Å². The maximum Gasteiger partial charge on any atom is 0.305 e. The number of aliphatic hydroxyl groups is 1. The van der Waals surface area contributed by atoms with Crippen LogP contribution in [0.3, 0.4) is 0 Å². The molecule has 4 rings (SSSR count). The van der Waals surface area contributed by atoms with Crippen LogP contribution in [0, 0.1) is 11.6 Å². The van der Waals surface area contributed by atoms with Crippen molar-refractivity contribution in [2.45, 2.75) is 24.1 Å². The molecule has 1 aliphatic rings. The molecule has 7 nitrogen and oxygen atoms in total. The molecule has 1 aliphatic heterocycles. The van der Waals surface area contributed by atoms with Crippen LogP contribution >= 0.6 is 11.6 Å². The number of hydrogen-bond donors (Lipinski definition) is 1. The Morgan fingerprint density at radius 1 is 1.18 bits per heavy atom. The Kier molecular flexibility index (Phi) is 5.93. The Labute approximate surface area is 190 Å². The van der Waals surface area contributed by atoms with E-state index in [4.69, 9.17) is 11.6 Å². The molecule has 33 heavy (non-hydrogen) atoms. The number of benzene rings is 1. The molecule has 1 aromatic carbocycles. The lowest BCUT2D eigenvalue weighted by Crippen LogP contribution is -2.59. The van der Waals surface area contributed by atoms with Gasteiger partial charge in [-0.2, -0.15) is 0 Å². The number of allylic oxidation sites excluding steroid dienone is 2. The predicted molar refractivity (Wildman–Crippen MR) is 111 cm³/mol. The summed E-state index contributed by atoms with van der Waals surface area (Å²) in [4.78, 5) is 5.34. The Balaban J connectivity index is 1.74. The van der Waals surface area contributed by atoms with Crippen molar-refractivity contribution < 1.29 is 22.7 Å². The first kappa shape index (κ1) is 22.9. The van der Waals surface area contributed by atoms with Crippen molar-refractivity contribution in [1.82, 2.24) is 30.1 Å². The number of rotatable bonds is 6. The normalized spacial score (nSPS) is 18.2. The van der Waals surface area contributed by atoms with Crippen molar-refractivity contribution in [2.75, 3.05) is 7.05 Å². The quantitative estimate of drug-likeness (QED) is 0.545. The van der Waals surface area contributed by atoms with E-state index in [0.29, 0.717) is 22.4 Å². The zero-order valence-corrected chi connectivity index (χ0v) is 17.8. The number of alkyl halides is 2. The zero-order valence-electron chi connectivity index (χ0n) is 17.1. The molecule has 2 unspecified atom stereocenters. The van der Waals surface area contributed by atoms with Gasteiger partial charge in [0.2, 0.25) is 0 Å². The van der Waals surface area contributed by atoms with E-state index in [0.717, 1.165) is 23.1 Å². The number of aromatic nitrogens is 5. The number of hydrogen-bond acceptors (Lipinski definition) is 6. The second-order valence-electron chi connectivity index (χ2n) is 7.53. The van der Waals surface area contributed by atoms with Gasteiger partial charge in [-0.1, -0.05) is 23.8 Å². The molecule has 12 heteroatoms. The molecular formula is C21H17ClF4N6O. The van der Waals surface area contributed by atoms with Crippen molar-refractivity contribution in [3.63, 3.8) is 0 Å². The molecule has 3 aromatic rings. The molecular weight excluding hydrogens is 464 g/mol. The summed E-state index contributed by atoms with van der Waals surface area (Å²) in [5.74, 6) is -6.28. The van der Waals surface area contributed by atoms with Gasteiger partial charge in [0, 0.05) is 36.6 Å². The third-order valence-corrected chi connectivity index (χ3v) is 5.57. The monoisotopic (exact) mass is 480 g/mol. The fraction of sp³-hybridized carbons (Fsp3) is 0.238. The van der Waals surface area contributed by atoms with Crippen LogP contribution in [-0.4, -0.2) is 54.2 Å². The molecule has 172 valence electrons. The second kappa shape index (κ2) is 8.56. The highest BCUT2D eigenvalue weighted by atomic mass is 35.5. The highest BCUT2D eigenvalue weighted by Gasteiger charge is 2.60. The Hall–Kier alpha value is -3.31. The lowest BCUT2D eigenvalue weighted by molar-refractivity contribution is -0.217. The maximum absolute atomic E-state index is 16.0. The van der Waals surface area contributed by atoms with Crippen LogP contribution in [0.15, 0.2) is 61.2 Å². The van der Waals surface area contributed by atoms with Gasteiger partial charge in [-0.05, 0) is 34.7 Å². The van der Waals surface area contributed by atoms with Gasteiger partial charge in [0.05, 0.1) is 17.3 Å². The lowest BCUT2D eigenvalue weighted by Gasteiger charge is -2.43. The van der Waals surface area contributed by atoms with E-state index in [1.54, 1.807) is 12.1 Å². The number of nitrogens with zero attached hydrogens (tertiary/aromatic N) is 6. The SMILES string of the molecule is CN1C=C(c2ccc(Cl)cn2)C=CC1C(F)(F)C(O)(Cn1cnnn1)c1ccc(F)cc1F. The molecule has 0 spiro atoms. The van der Waals surface area contributed by atoms with Crippen LogP contribution in [0.5, 0.6) is 0 Å². The summed E-state index contributed by atoms with van der Waals surface area (Å²) in [6.45, 7) is -0.886. The number of pyridine rings is 1. The fourth-order valence-corrected chi connectivity index (χ4v) is 3.79. The largest absolute Gasteiger partial charge is 0.377 e. The average Bonchev–Trinajstić information content (AvgIpc) is 3.26. The van der Waals surface area contributed by atoms with Crippen LogP contribution in [0.2, 0.25) is 5.02 Å². The van der Waals surface area contributed by atoms with E-state index in [9.17, 15) is 13.9 Å². The minimum atomic E-state index is -3.99. The third kappa shape index (κ3) is 4.21. The Bertz CT molecular complexity index is 1200. The number of tetrazole rings is 1. The molecule has 0 fully saturated rings. The predicted octanol–water partition coefficient (Wildman–Crippen LogP) is 3.43. The van der Waals surface area contributed by atoms with Crippen molar-refractivity contribution in [3.8, 4) is 0 Å². The van der Waals surface area contributed by atoms with E-state index in [1.165, 1.54) is 36.5 Å². The first-order chi connectivity index (χ1) is 15.6. The summed E-state index contributed by atoms with van der Waals surface area (Å²) >= 11 is 5.84. The number of halogens is 5. The van der Waals surface area contributed by atoms with Crippen LogP contribution in [0.1, 0.15) is 11.3 Å². The van der Waals surface area contributed by atoms with Gasteiger partial charge in [0.1, 0.15) is 24.0 Å². The van der Waals surface area contributed by atoms with E-state index < -0.39 is 41.3 Å². The smallest absolute Gasteiger partial charge is 0.305 e. The van der Waals surface area contributed by atoms with Crippen molar-refractivity contribution in [1.29, 1.82) is 0 Å². The highest BCUT2D eigenvalue weighted by molar-refractivity contribution is 6.30. The molecule has 2 atom stereocenters. The molecule has 2 aromatic heterocycles. The summed E-state index contributed by atoms with van der Waals surface area (Å²) in [6.07, 6.45) is 6.46. The van der Waals surface area contributed by atoms with Crippen molar-refractivity contribution in [2.24, 2.45) is 0 Å². The second-order valence-corrected chi connectivity index (χ2v) is 7.97. The third-order valence-electron chi connectivity index (χ3n) is 5.34. The first-order valence-corrected chi connectivity index (χ1v) is 10.00. The van der Waals surface area contributed by atoms with E-state index in [2.05, 4.69) is 20.5 Å². The standard InChI is InChI=1S/C21H17ClF4N6O/c1-31-10-13(18-6-3-14(22)9-27-18)2-7-19(31)21(25,26)20(33,11-32-12-28-29-30-32)16-5-4-15(23)8-17(16)24/h2-10,12,19,33H,11H2,1H3. The zero-order chi connectivity index (χ0) is 23.8. The van der Waals surface area contributed by atoms with Gasteiger partial charge in [-0.25, -0.2) is 22.2 Å². The van der Waals surface area contributed by atoms with Crippen LogP contribution in [0.25, 0.3) is 5.57 Å². The molecule has 3 heterocycles. The van der Waals surface area contributed by atoms with E-state index >= 15 is 8.78 Å². The maximum atomic E-state index is 16.0. The van der Waals surface area contributed by atoms with Gasteiger partial charge >= 0.3 is 5.92 Å². The Morgan fingerprint density at radius 3 is 2.58 bits per heavy atom. The number of likely N-dealkylation sites (N-methyl/N-ethyl adjacent to an activating group) is 1. The summed E-state index contributed by atoms with van der Waals surface area (Å²) in [5, 5.41) is 22.0. The average molecular weight is 481 g/mol. The van der Waals surface area contributed by atoms with E-state index in [1.807, 2.05) is 0 Å². The molecule has 1 N–H and O–H groups in total. The fourth-order valence-electron chi connectivity index (χ4n) is 3.67. The van der Waals surface area contributed by atoms with Gasteiger partial charge in [0.25, 0.3) is 0 Å². The summed E-state index contributed by atoms with van der Waals surface area (Å²) in [6, 6.07) is 3.56. The molecule has 0 aliphatic carbocycles. The minimum absolute atomic E-state index is 0.422. The van der Waals surface area contributed by atoms with Gasteiger partial charge < -0.3 is 10.0 Å². The molecule has 0 saturated carbocycles. The summed E-state index contributed by atoms with van der Waals surface area (Å²) < 4.78 is 60.9. The minimum Gasteiger partial charge on any atom is -0.377 e. The van der Waals surface area contributed by atoms with Gasteiger partial charge in [-0.3, -0.25) is 4.98 Å². The van der Waals surface area contributed by atoms with Crippen LogP contribution < -0.4 is 0 Å². The lowest BCUT2D eigenvalue weighted by atomic mass is 9.81. The first-order valence-electron chi connectivity index (χ1n) is 9.62.